The summed E-state index contributed by atoms with van der Waals surface area (Å²) in [7, 11) is 0. The third kappa shape index (κ3) is 4.71. The van der Waals surface area contributed by atoms with Crippen molar-refractivity contribution in [1.29, 1.82) is 0 Å². The van der Waals surface area contributed by atoms with Crippen LogP contribution in [0, 0.1) is 12.7 Å². The number of ether oxygens (including phenoxy) is 1. The quantitative estimate of drug-likeness (QED) is 0.799. The van der Waals surface area contributed by atoms with Crippen molar-refractivity contribution in [3.05, 3.63) is 29.6 Å². The fourth-order valence-corrected chi connectivity index (χ4v) is 1.45. The van der Waals surface area contributed by atoms with Gasteiger partial charge in [-0.05, 0) is 44.2 Å². The lowest BCUT2D eigenvalue weighted by Crippen LogP contribution is -2.42. The van der Waals surface area contributed by atoms with Gasteiger partial charge in [0.1, 0.15) is 23.8 Å². The number of benzene rings is 1. The van der Waals surface area contributed by atoms with E-state index in [1.54, 1.807) is 19.9 Å². The highest BCUT2D eigenvalue weighted by Gasteiger charge is 2.20. The van der Waals surface area contributed by atoms with Gasteiger partial charge in [-0.25, -0.2) is 4.39 Å². The number of likely N-dealkylation sites (N-methyl/N-ethyl adjacent to an activating group) is 1. The Morgan fingerprint density at radius 3 is 2.76 bits per heavy atom. The summed E-state index contributed by atoms with van der Waals surface area (Å²) in [5.74, 6) is 0.317. The van der Waals surface area contributed by atoms with Crippen molar-refractivity contribution < 1.29 is 14.2 Å². The molecule has 0 spiro atoms. The van der Waals surface area contributed by atoms with Crippen LogP contribution >= 0.6 is 0 Å². The second-order valence-electron chi connectivity index (χ2n) is 4.48. The van der Waals surface area contributed by atoms with Gasteiger partial charge in [0.25, 0.3) is 0 Å². The van der Waals surface area contributed by atoms with Crippen LogP contribution in [0.3, 0.4) is 0 Å². The first-order valence-corrected chi connectivity index (χ1v) is 5.76. The normalized spacial score (nSPS) is 14.4. The first-order valence-electron chi connectivity index (χ1n) is 5.76. The molecule has 2 N–H and O–H groups in total. The van der Waals surface area contributed by atoms with Gasteiger partial charge in [0.2, 0.25) is 0 Å². The molecule has 0 saturated carbocycles. The molecule has 3 nitrogen and oxygen atoms in total. The molecule has 1 atom stereocenters. The molecule has 0 fully saturated rings. The second-order valence-corrected chi connectivity index (χ2v) is 4.48. The summed E-state index contributed by atoms with van der Waals surface area (Å²) in [4.78, 5) is 0. The van der Waals surface area contributed by atoms with E-state index in [-0.39, 0.29) is 12.4 Å². The molecule has 0 radical (unpaired) electrons. The van der Waals surface area contributed by atoms with Crippen molar-refractivity contribution in [2.24, 2.45) is 0 Å². The average Bonchev–Trinajstić information content (AvgIpc) is 2.25. The average molecular weight is 241 g/mol. The standard InChI is InChI=1S/C13H20FNO2/c1-4-15-8-13(3,16)9-17-12-6-5-11(14)7-10(12)2/h5-7,15-16H,4,8-9H2,1-3H3. The van der Waals surface area contributed by atoms with E-state index in [1.165, 1.54) is 12.1 Å². The smallest absolute Gasteiger partial charge is 0.123 e. The molecule has 0 saturated heterocycles. The van der Waals surface area contributed by atoms with Crippen LogP contribution in [0.2, 0.25) is 0 Å². The maximum absolute atomic E-state index is 12.9. The Hall–Kier alpha value is -1.13. The molecule has 1 unspecified atom stereocenters. The topological polar surface area (TPSA) is 41.5 Å². The minimum atomic E-state index is -0.934. The first kappa shape index (κ1) is 13.9. The monoisotopic (exact) mass is 241 g/mol. The molecule has 1 aromatic rings. The van der Waals surface area contributed by atoms with Gasteiger partial charge in [-0.15, -0.1) is 0 Å². The van der Waals surface area contributed by atoms with Crippen LogP contribution in [-0.4, -0.2) is 30.4 Å². The minimum absolute atomic E-state index is 0.173. The van der Waals surface area contributed by atoms with Gasteiger partial charge in [-0.3, -0.25) is 0 Å². The number of halogens is 1. The molecule has 0 aliphatic rings. The third-order valence-electron chi connectivity index (χ3n) is 2.43. The number of aliphatic hydroxyl groups is 1. The van der Waals surface area contributed by atoms with Crippen molar-refractivity contribution in [3.63, 3.8) is 0 Å². The summed E-state index contributed by atoms with van der Waals surface area (Å²) in [6.07, 6.45) is 0. The van der Waals surface area contributed by atoms with E-state index in [0.717, 1.165) is 12.1 Å². The Morgan fingerprint density at radius 1 is 1.47 bits per heavy atom. The number of hydrogen-bond donors (Lipinski definition) is 2. The molecular formula is C13H20FNO2. The number of hydrogen-bond acceptors (Lipinski definition) is 3. The summed E-state index contributed by atoms with van der Waals surface area (Å²) < 4.78 is 18.4. The molecule has 0 amide bonds. The molecule has 1 rings (SSSR count). The molecule has 0 aliphatic carbocycles. The highest BCUT2D eigenvalue weighted by molar-refractivity contribution is 5.32. The van der Waals surface area contributed by atoms with E-state index >= 15 is 0 Å². The predicted molar refractivity (Wildman–Crippen MR) is 65.8 cm³/mol. The zero-order valence-corrected chi connectivity index (χ0v) is 10.6. The Bertz CT molecular complexity index is 366. The van der Waals surface area contributed by atoms with Crippen LogP contribution in [0.5, 0.6) is 5.75 Å². The second kappa shape index (κ2) is 5.98. The lowest BCUT2D eigenvalue weighted by Gasteiger charge is -2.24. The summed E-state index contributed by atoms with van der Waals surface area (Å²) >= 11 is 0. The van der Waals surface area contributed by atoms with E-state index in [9.17, 15) is 9.50 Å². The Kier molecular flexibility index (Phi) is 4.90. The van der Waals surface area contributed by atoms with E-state index in [2.05, 4.69) is 5.32 Å². The van der Waals surface area contributed by atoms with E-state index < -0.39 is 5.60 Å². The fraction of sp³-hybridized carbons (Fsp3) is 0.538. The van der Waals surface area contributed by atoms with Crippen molar-refractivity contribution >= 4 is 0 Å². The maximum Gasteiger partial charge on any atom is 0.123 e. The summed E-state index contributed by atoms with van der Waals surface area (Å²) in [6, 6.07) is 4.34. The molecule has 0 aliphatic heterocycles. The van der Waals surface area contributed by atoms with Crippen LogP contribution in [0.15, 0.2) is 18.2 Å². The van der Waals surface area contributed by atoms with Gasteiger partial charge in [0.15, 0.2) is 0 Å². The van der Waals surface area contributed by atoms with Crippen molar-refractivity contribution in [2.45, 2.75) is 26.4 Å². The Morgan fingerprint density at radius 2 is 2.18 bits per heavy atom. The summed E-state index contributed by atoms with van der Waals surface area (Å²) in [5.41, 5.74) is -0.208. The van der Waals surface area contributed by atoms with Crippen LogP contribution in [0.25, 0.3) is 0 Å². The largest absolute Gasteiger partial charge is 0.490 e. The van der Waals surface area contributed by atoms with E-state index in [0.29, 0.717) is 12.3 Å². The molecule has 0 bridgehead atoms. The van der Waals surface area contributed by atoms with Gasteiger partial charge in [0.05, 0.1) is 0 Å². The zero-order valence-electron chi connectivity index (χ0n) is 10.6. The van der Waals surface area contributed by atoms with Crippen molar-refractivity contribution in [3.8, 4) is 5.75 Å². The van der Waals surface area contributed by atoms with Crippen LogP contribution < -0.4 is 10.1 Å². The Labute approximate surface area is 102 Å². The highest BCUT2D eigenvalue weighted by atomic mass is 19.1. The van der Waals surface area contributed by atoms with Gasteiger partial charge in [-0.1, -0.05) is 6.92 Å². The number of rotatable bonds is 6. The fourth-order valence-electron chi connectivity index (χ4n) is 1.45. The number of aryl methyl sites for hydroxylation is 1. The minimum Gasteiger partial charge on any atom is -0.490 e. The van der Waals surface area contributed by atoms with Crippen molar-refractivity contribution in [1.82, 2.24) is 5.32 Å². The molecule has 0 aromatic heterocycles. The van der Waals surface area contributed by atoms with Gasteiger partial charge >= 0.3 is 0 Å². The maximum atomic E-state index is 12.9. The zero-order chi connectivity index (χ0) is 12.9. The van der Waals surface area contributed by atoms with Crippen molar-refractivity contribution in [2.75, 3.05) is 19.7 Å². The Balaban J connectivity index is 2.54. The molecular weight excluding hydrogens is 221 g/mol. The predicted octanol–water partition coefficient (Wildman–Crippen LogP) is 1.87. The summed E-state index contributed by atoms with van der Waals surface area (Å²) in [5, 5.41) is 13.0. The van der Waals surface area contributed by atoms with Crippen LogP contribution in [0.4, 0.5) is 4.39 Å². The first-order chi connectivity index (χ1) is 7.94. The lowest BCUT2D eigenvalue weighted by atomic mass is 10.1. The third-order valence-corrected chi connectivity index (χ3v) is 2.43. The molecule has 0 heterocycles. The van der Waals surface area contributed by atoms with Crippen LogP contribution in [0.1, 0.15) is 19.4 Å². The van der Waals surface area contributed by atoms with Gasteiger partial charge in [0, 0.05) is 6.54 Å². The summed E-state index contributed by atoms with van der Waals surface area (Å²) in [6.45, 7) is 6.88. The highest BCUT2D eigenvalue weighted by Crippen LogP contribution is 2.19. The molecule has 96 valence electrons. The molecule has 4 heteroatoms. The molecule has 17 heavy (non-hydrogen) atoms. The lowest BCUT2D eigenvalue weighted by molar-refractivity contribution is 0.0125. The number of nitrogens with one attached hydrogen (secondary N) is 1. The van der Waals surface area contributed by atoms with Gasteiger partial charge in [-0.2, -0.15) is 0 Å². The van der Waals surface area contributed by atoms with E-state index in [1.807, 2.05) is 6.92 Å². The van der Waals surface area contributed by atoms with E-state index in [4.69, 9.17) is 4.74 Å². The van der Waals surface area contributed by atoms with Gasteiger partial charge < -0.3 is 15.2 Å². The van der Waals surface area contributed by atoms with Crippen LogP contribution in [-0.2, 0) is 0 Å². The molecule has 1 aromatic carbocycles. The SMILES string of the molecule is CCNCC(C)(O)COc1ccc(F)cc1C.